The van der Waals surface area contributed by atoms with E-state index in [2.05, 4.69) is 6.92 Å². The highest BCUT2D eigenvalue weighted by Crippen LogP contribution is 2.15. The number of rotatable bonds is 21. The van der Waals surface area contributed by atoms with E-state index in [0.29, 0.717) is 13.1 Å². The van der Waals surface area contributed by atoms with Crippen LogP contribution >= 0.6 is 0 Å². The van der Waals surface area contributed by atoms with Gasteiger partial charge in [0.05, 0.1) is 19.8 Å². The molecule has 0 saturated carbocycles. The van der Waals surface area contributed by atoms with Gasteiger partial charge in [0, 0.05) is 19.1 Å². The molecule has 0 aromatic rings. The highest BCUT2D eigenvalue weighted by atomic mass is 32.3. The van der Waals surface area contributed by atoms with E-state index in [1.54, 1.807) is 0 Å². The number of nitrogens with zero attached hydrogens (tertiary/aromatic N) is 1. The smallest absolute Gasteiger partial charge is 0.394 e. The van der Waals surface area contributed by atoms with E-state index in [9.17, 15) is 5.11 Å². The summed E-state index contributed by atoms with van der Waals surface area (Å²) in [5, 5.41) is 27.7. The van der Waals surface area contributed by atoms with Crippen molar-refractivity contribution in [3.05, 3.63) is 0 Å². The fourth-order valence-corrected chi connectivity index (χ4v) is 3.70. The molecule has 0 saturated heterocycles. The highest BCUT2D eigenvalue weighted by molar-refractivity contribution is 7.79. The topological polar surface area (TPSA) is 139 Å². The van der Waals surface area contributed by atoms with Gasteiger partial charge in [0.15, 0.2) is 0 Å². The van der Waals surface area contributed by atoms with Crippen molar-refractivity contribution in [2.24, 2.45) is 0 Å². The van der Waals surface area contributed by atoms with E-state index in [1.165, 1.54) is 83.5 Å². The lowest BCUT2D eigenvalue weighted by molar-refractivity contribution is 0.0781. The maximum Gasteiger partial charge on any atom is 0.394 e. The molecular weight excluding hydrogens is 422 g/mol. The van der Waals surface area contributed by atoms with Gasteiger partial charge in [0.2, 0.25) is 0 Å². The van der Waals surface area contributed by atoms with Crippen LogP contribution in [0.4, 0.5) is 0 Å². The monoisotopic (exact) mass is 471 g/mol. The predicted molar refractivity (Wildman–Crippen MR) is 126 cm³/mol. The van der Waals surface area contributed by atoms with Gasteiger partial charge >= 0.3 is 10.4 Å². The minimum Gasteiger partial charge on any atom is -0.395 e. The first-order chi connectivity index (χ1) is 14.8. The molecule has 0 rings (SSSR count). The second-order valence-electron chi connectivity index (χ2n) is 8.15. The van der Waals surface area contributed by atoms with E-state index in [0.717, 1.165) is 12.8 Å². The van der Waals surface area contributed by atoms with Crippen LogP contribution in [-0.2, 0) is 10.4 Å². The van der Waals surface area contributed by atoms with E-state index in [1.807, 2.05) is 4.90 Å². The lowest BCUT2D eigenvalue weighted by atomic mass is 10.0. The molecule has 9 heteroatoms. The van der Waals surface area contributed by atoms with Crippen molar-refractivity contribution in [3.8, 4) is 0 Å². The van der Waals surface area contributed by atoms with Crippen molar-refractivity contribution in [2.75, 3.05) is 32.9 Å². The minimum absolute atomic E-state index is 0.0756. The molecule has 0 aliphatic heterocycles. The van der Waals surface area contributed by atoms with Gasteiger partial charge in [-0.15, -0.1) is 0 Å². The summed E-state index contributed by atoms with van der Waals surface area (Å²) >= 11 is 0. The molecule has 0 heterocycles. The number of unbranched alkanes of at least 4 members (excludes halogenated alkanes) is 13. The third-order valence-electron chi connectivity index (χ3n) is 5.39. The van der Waals surface area contributed by atoms with Crippen molar-refractivity contribution in [1.29, 1.82) is 0 Å². The molecule has 0 radical (unpaired) electrons. The summed E-state index contributed by atoms with van der Waals surface area (Å²) in [7, 11) is -4.67. The Morgan fingerprint density at radius 2 is 0.968 bits per heavy atom. The van der Waals surface area contributed by atoms with Gasteiger partial charge < -0.3 is 15.3 Å². The summed E-state index contributed by atoms with van der Waals surface area (Å²) in [6.45, 7) is 3.60. The van der Waals surface area contributed by atoms with Crippen molar-refractivity contribution >= 4 is 10.4 Å². The Bertz CT molecular complexity index is 435. The quantitative estimate of drug-likeness (QED) is 0.126. The van der Waals surface area contributed by atoms with Gasteiger partial charge in [0.1, 0.15) is 0 Å². The molecule has 0 aliphatic carbocycles. The Morgan fingerprint density at radius 3 is 1.26 bits per heavy atom. The molecule has 0 amide bonds. The normalized spacial score (nSPS) is 12.6. The van der Waals surface area contributed by atoms with Gasteiger partial charge in [-0.3, -0.25) is 14.0 Å². The summed E-state index contributed by atoms with van der Waals surface area (Å²) in [5.74, 6) is 0. The Morgan fingerprint density at radius 1 is 0.645 bits per heavy atom. The number of hydrogen-bond acceptors (Lipinski definition) is 6. The molecule has 1 atom stereocenters. The van der Waals surface area contributed by atoms with Crippen molar-refractivity contribution in [1.82, 2.24) is 4.90 Å². The zero-order chi connectivity index (χ0) is 23.8. The lowest BCUT2D eigenvalue weighted by Gasteiger charge is -2.29. The molecule has 0 aromatic carbocycles. The summed E-state index contributed by atoms with van der Waals surface area (Å²) in [4.78, 5) is 2.00. The number of aliphatic hydroxyl groups is 3. The Labute approximate surface area is 190 Å². The molecule has 0 aromatic heterocycles. The maximum absolute atomic E-state index is 9.55. The molecule has 0 aliphatic rings. The highest BCUT2D eigenvalue weighted by Gasteiger charge is 2.16. The van der Waals surface area contributed by atoms with Crippen LogP contribution in [0.25, 0.3) is 0 Å². The second-order valence-corrected chi connectivity index (χ2v) is 9.05. The van der Waals surface area contributed by atoms with Gasteiger partial charge in [-0.1, -0.05) is 96.8 Å². The van der Waals surface area contributed by atoms with Gasteiger partial charge in [0.25, 0.3) is 0 Å². The molecule has 0 spiro atoms. The molecule has 1 unspecified atom stereocenters. The average molecular weight is 472 g/mol. The van der Waals surface area contributed by atoms with Crippen LogP contribution in [-0.4, -0.2) is 76.7 Å². The maximum atomic E-state index is 9.55. The zero-order valence-electron chi connectivity index (χ0n) is 19.6. The third-order valence-corrected chi connectivity index (χ3v) is 5.39. The van der Waals surface area contributed by atoms with Gasteiger partial charge in [-0.25, -0.2) is 0 Å². The minimum atomic E-state index is -4.67. The van der Waals surface area contributed by atoms with E-state index in [4.69, 9.17) is 27.7 Å². The largest absolute Gasteiger partial charge is 0.395 e. The summed E-state index contributed by atoms with van der Waals surface area (Å²) in [6, 6.07) is 0.0756. The summed E-state index contributed by atoms with van der Waals surface area (Å²) in [6.07, 6.45) is 19.9. The van der Waals surface area contributed by atoms with Crippen LogP contribution in [0, 0.1) is 0 Å². The van der Waals surface area contributed by atoms with Crippen molar-refractivity contribution in [2.45, 2.75) is 109 Å². The molecular formula is C22H49NO7S. The molecule has 31 heavy (non-hydrogen) atoms. The zero-order valence-corrected chi connectivity index (χ0v) is 20.4. The lowest BCUT2D eigenvalue weighted by Crippen LogP contribution is -2.41. The standard InChI is InChI=1S/C22H47NO3.H2O4S/c1-2-3-4-5-6-7-8-9-10-11-12-13-14-15-16-22(21-26)23(17-19-24)18-20-25;1-5(2,3)4/h22,24-26H,2-21H2,1H3;(H2,1,2,3,4). The van der Waals surface area contributed by atoms with Gasteiger partial charge in [-0.05, 0) is 6.42 Å². The van der Waals surface area contributed by atoms with Crippen LogP contribution in [0.2, 0.25) is 0 Å². The van der Waals surface area contributed by atoms with E-state index < -0.39 is 10.4 Å². The van der Waals surface area contributed by atoms with Crippen LogP contribution in [0.15, 0.2) is 0 Å². The summed E-state index contributed by atoms with van der Waals surface area (Å²) in [5.41, 5.74) is 0. The fourth-order valence-electron chi connectivity index (χ4n) is 3.70. The average Bonchev–Trinajstić information content (AvgIpc) is 2.70. The number of aliphatic hydroxyl groups excluding tert-OH is 3. The van der Waals surface area contributed by atoms with Crippen LogP contribution in [0.1, 0.15) is 103 Å². The van der Waals surface area contributed by atoms with Crippen LogP contribution < -0.4 is 0 Å². The first-order valence-corrected chi connectivity index (χ1v) is 13.5. The summed E-state index contributed by atoms with van der Waals surface area (Å²) < 4.78 is 31.6. The molecule has 0 bridgehead atoms. The molecule has 0 fully saturated rings. The molecule has 8 nitrogen and oxygen atoms in total. The Kier molecular flexibility index (Phi) is 25.8. The van der Waals surface area contributed by atoms with Crippen molar-refractivity contribution < 1.29 is 32.8 Å². The molecule has 5 N–H and O–H groups in total. The molecule has 190 valence electrons. The van der Waals surface area contributed by atoms with E-state index in [-0.39, 0.29) is 25.9 Å². The SMILES string of the molecule is CCCCCCCCCCCCCCCCC(CO)N(CCO)CCO.O=S(=O)(O)O. The van der Waals surface area contributed by atoms with Crippen LogP contribution in [0.3, 0.4) is 0 Å². The van der Waals surface area contributed by atoms with Crippen LogP contribution in [0.5, 0.6) is 0 Å². The fraction of sp³-hybridized carbons (Fsp3) is 1.00. The Hall–Kier alpha value is -0.290. The second kappa shape index (κ2) is 24.4. The third kappa shape index (κ3) is 29.7. The number of hydrogen-bond donors (Lipinski definition) is 5. The first kappa shape index (κ1) is 32.9. The van der Waals surface area contributed by atoms with E-state index >= 15 is 0 Å². The first-order valence-electron chi connectivity index (χ1n) is 12.1. The predicted octanol–water partition coefficient (Wildman–Crippen LogP) is 3.85. The van der Waals surface area contributed by atoms with Gasteiger partial charge in [-0.2, -0.15) is 8.42 Å². The van der Waals surface area contributed by atoms with Crippen molar-refractivity contribution in [3.63, 3.8) is 0 Å². The Balaban J connectivity index is 0.